The maximum absolute atomic E-state index is 12.8. The number of anilines is 1. The van der Waals surface area contributed by atoms with Crippen LogP contribution in [0.3, 0.4) is 0 Å². The molecule has 0 spiro atoms. The highest BCUT2D eigenvalue weighted by Gasteiger charge is 2.24. The maximum atomic E-state index is 12.8. The number of nitro benzene ring substituents is 1. The van der Waals surface area contributed by atoms with Crippen LogP contribution in [0.1, 0.15) is 16.7 Å². The van der Waals surface area contributed by atoms with E-state index in [1.165, 1.54) is 38.4 Å². The summed E-state index contributed by atoms with van der Waals surface area (Å²) < 4.78 is 53.9. The van der Waals surface area contributed by atoms with E-state index in [2.05, 4.69) is 4.72 Å². The summed E-state index contributed by atoms with van der Waals surface area (Å²) >= 11 is 0. The second-order valence-electron chi connectivity index (χ2n) is 6.52. The third-order valence-corrected chi connectivity index (χ3v) is 7.77. The first kappa shape index (κ1) is 21.8. The van der Waals surface area contributed by atoms with Crippen LogP contribution in [0, 0.1) is 30.9 Å². The van der Waals surface area contributed by atoms with Gasteiger partial charge in [0.25, 0.3) is 15.7 Å². The molecule has 0 unspecified atom stereocenters. The van der Waals surface area contributed by atoms with Gasteiger partial charge in [-0.3, -0.25) is 14.8 Å². The molecule has 0 bridgehead atoms. The molecule has 0 saturated heterocycles. The zero-order chi connectivity index (χ0) is 21.4. The Morgan fingerprint density at radius 2 is 1.54 bits per heavy atom. The minimum Gasteiger partial charge on any atom is -0.280 e. The molecule has 11 heteroatoms. The number of hydrogen-bond acceptors (Lipinski definition) is 6. The fraction of sp³-hybridized carbons (Fsp3) is 0.294. The molecule has 152 valence electrons. The van der Waals surface area contributed by atoms with Crippen molar-refractivity contribution in [1.82, 2.24) is 4.31 Å². The second kappa shape index (κ2) is 7.49. The number of sulfonamides is 2. The second-order valence-corrected chi connectivity index (χ2v) is 10.3. The summed E-state index contributed by atoms with van der Waals surface area (Å²) in [6.45, 7) is 4.72. The van der Waals surface area contributed by atoms with Crippen molar-refractivity contribution in [2.24, 2.45) is 0 Å². The Hall–Kier alpha value is -2.50. The maximum Gasteiger partial charge on any atom is 0.271 e. The summed E-state index contributed by atoms with van der Waals surface area (Å²) in [6, 6.07) is 6.42. The molecule has 0 aliphatic carbocycles. The number of nitrogens with one attached hydrogen (secondary N) is 1. The van der Waals surface area contributed by atoms with Gasteiger partial charge in [-0.15, -0.1) is 0 Å². The molecule has 0 fully saturated rings. The summed E-state index contributed by atoms with van der Waals surface area (Å²) in [7, 11) is -5.20. The van der Waals surface area contributed by atoms with E-state index >= 15 is 0 Å². The monoisotopic (exact) mass is 427 g/mol. The highest BCUT2D eigenvalue weighted by atomic mass is 32.2. The van der Waals surface area contributed by atoms with Crippen molar-refractivity contribution in [3.63, 3.8) is 0 Å². The van der Waals surface area contributed by atoms with Gasteiger partial charge in [0.05, 0.1) is 20.4 Å². The average molecular weight is 428 g/mol. The first-order chi connectivity index (χ1) is 12.8. The van der Waals surface area contributed by atoms with Gasteiger partial charge in [-0.05, 0) is 49.6 Å². The third kappa shape index (κ3) is 4.16. The van der Waals surface area contributed by atoms with Crippen molar-refractivity contribution in [3.05, 3.63) is 57.1 Å². The van der Waals surface area contributed by atoms with Crippen LogP contribution in [-0.4, -0.2) is 40.2 Å². The van der Waals surface area contributed by atoms with Crippen LogP contribution in [-0.2, 0) is 20.0 Å². The van der Waals surface area contributed by atoms with E-state index in [4.69, 9.17) is 0 Å². The first-order valence-electron chi connectivity index (χ1n) is 8.09. The highest BCUT2D eigenvalue weighted by Crippen LogP contribution is 2.28. The molecular weight excluding hydrogens is 406 g/mol. The third-order valence-electron chi connectivity index (χ3n) is 4.30. The van der Waals surface area contributed by atoms with E-state index in [1.807, 2.05) is 0 Å². The summed E-state index contributed by atoms with van der Waals surface area (Å²) in [5.74, 6) is 0. The zero-order valence-corrected chi connectivity index (χ0v) is 17.7. The summed E-state index contributed by atoms with van der Waals surface area (Å²) in [4.78, 5) is 10.1. The molecule has 0 saturated carbocycles. The smallest absolute Gasteiger partial charge is 0.271 e. The lowest BCUT2D eigenvalue weighted by atomic mass is 10.1. The fourth-order valence-electron chi connectivity index (χ4n) is 2.54. The SMILES string of the molecule is Cc1ccc(NS(=O)(=O)c2cc([N+](=O)[O-])cc(C)c2C)cc1S(=O)(=O)N(C)C. The topological polar surface area (TPSA) is 127 Å². The van der Waals surface area contributed by atoms with Gasteiger partial charge in [-0.2, -0.15) is 0 Å². The Balaban J connectivity index is 2.56. The van der Waals surface area contributed by atoms with Gasteiger partial charge < -0.3 is 0 Å². The van der Waals surface area contributed by atoms with Crippen LogP contribution < -0.4 is 4.72 Å². The van der Waals surface area contributed by atoms with E-state index in [1.54, 1.807) is 20.8 Å². The largest absolute Gasteiger partial charge is 0.280 e. The molecule has 0 aromatic heterocycles. The summed E-state index contributed by atoms with van der Waals surface area (Å²) in [5.41, 5.74) is 0.970. The number of hydrogen-bond donors (Lipinski definition) is 1. The lowest BCUT2D eigenvalue weighted by Gasteiger charge is -2.16. The number of rotatable bonds is 6. The van der Waals surface area contributed by atoms with Crippen molar-refractivity contribution in [3.8, 4) is 0 Å². The Bertz CT molecular complexity index is 1160. The normalized spacial score (nSPS) is 12.2. The molecule has 1 N–H and O–H groups in total. The van der Waals surface area contributed by atoms with Gasteiger partial charge in [0.15, 0.2) is 0 Å². The molecule has 2 aromatic rings. The molecule has 2 rings (SSSR count). The van der Waals surface area contributed by atoms with Gasteiger partial charge >= 0.3 is 0 Å². The Labute approximate surface area is 164 Å². The lowest BCUT2D eigenvalue weighted by Crippen LogP contribution is -2.23. The van der Waals surface area contributed by atoms with Gasteiger partial charge in [-0.25, -0.2) is 21.1 Å². The standard InChI is InChI=1S/C17H21N3O6S2/c1-11-6-7-14(9-16(11)28(25,26)19(4)5)18-27(23,24)17-10-15(20(21)22)8-12(2)13(17)3/h6-10,18H,1-5H3. The van der Waals surface area contributed by atoms with E-state index in [9.17, 15) is 26.9 Å². The fourth-order valence-corrected chi connectivity index (χ4v) is 5.07. The summed E-state index contributed by atoms with van der Waals surface area (Å²) in [5, 5.41) is 11.1. The van der Waals surface area contributed by atoms with Gasteiger partial charge in [0, 0.05) is 26.2 Å². The molecular formula is C17H21N3O6S2. The molecule has 28 heavy (non-hydrogen) atoms. The number of benzene rings is 2. The van der Waals surface area contributed by atoms with E-state index in [0.29, 0.717) is 16.7 Å². The number of nitrogens with zero attached hydrogens (tertiary/aromatic N) is 2. The average Bonchev–Trinajstić information content (AvgIpc) is 2.57. The molecule has 9 nitrogen and oxygen atoms in total. The van der Waals surface area contributed by atoms with E-state index in [0.717, 1.165) is 10.4 Å². The molecule has 0 atom stereocenters. The lowest BCUT2D eigenvalue weighted by molar-refractivity contribution is -0.385. The van der Waals surface area contributed by atoms with Crippen molar-refractivity contribution < 1.29 is 21.8 Å². The Morgan fingerprint density at radius 1 is 0.929 bits per heavy atom. The molecule has 0 aliphatic rings. The first-order valence-corrected chi connectivity index (χ1v) is 11.0. The Morgan fingerprint density at radius 3 is 2.07 bits per heavy atom. The van der Waals surface area contributed by atoms with Crippen molar-refractivity contribution in [2.75, 3.05) is 18.8 Å². The van der Waals surface area contributed by atoms with Crippen LogP contribution in [0.2, 0.25) is 0 Å². The van der Waals surface area contributed by atoms with E-state index in [-0.39, 0.29) is 21.2 Å². The Kier molecular flexibility index (Phi) is 5.83. The number of aryl methyl sites for hydroxylation is 2. The van der Waals surface area contributed by atoms with Crippen LogP contribution in [0.4, 0.5) is 11.4 Å². The quantitative estimate of drug-likeness (QED) is 0.558. The highest BCUT2D eigenvalue weighted by molar-refractivity contribution is 7.92. The van der Waals surface area contributed by atoms with Crippen LogP contribution in [0.5, 0.6) is 0 Å². The molecule has 0 amide bonds. The van der Waals surface area contributed by atoms with E-state index < -0.39 is 25.0 Å². The molecule has 0 radical (unpaired) electrons. The van der Waals surface area contributed by atoms with Crippen molar-refractivity contribution >= 4 is 31.4 Å². The minimum absolute atomic E-state index is 0.0367. The molecule has 0 aliphatic heterocycles. The van der Waals surface area contributed by atoms with Crippen molar-refractivity contribution in [1.29, 1.82) is 0 Å². The predicted octanol–water partition coefficient (Wildman–Crippen LogP) is 2.57. The van der Waals surface area contributed by atoms with Crippen molar-refractivity contribution in [2.45, 2.75) is 30.6 Å². The van der Waals surface area contributed by atoms with Crippen LogP contribution >= 0.6 is 0 Å². The molecule has 2 aromatic carbocycles. The van der Waals surface area contributed by atoms with Crippen LogP contribution in [0.25, 0.3) is 0 Å². The van der Waals surface area contributed by atoms with Crippen LogP contribution in [0.15, 0.2) is 40.1 Å². The predicted molar refractivity (Wildman–Crippen MR) is 105 cm³/mol. The van der Waals surface area contributed by atoms with Gasteiger partial charge in [0.2, 0.25) is 10.0 Å². The summed E-state index contributed by atoms with van der Waals surface area (Å²) in [6.07, 6.45) is 0. The zero-order valence-electron chi connectivity index (χ0n) is 16.0. The number of nitro groups is 1. The van der Waals surface area contributed by atoms with Gasteiger partial charge in [-0.1, -0.05) is 6.07 Å². The molecule has 0 heterocycles. The number of non-ortho nitro benzene ring substituents is 1. The van der Waals surface area contributed by atoms with Gasteiger partial charge in [0.1, 0.15) is 0 Å². The minimum atomic E-state index is -4.18.